The smallest absolute Gasteiger partial charge is 0.346 e. The average Bonchev–Trinajstić information content (AvgIpc) is 2.42. The molecule has 18 heavy (non-hydrogen) atoms. The summed E-state index contributed by atoms with van der Waals surface area (Å²) >= 11 is 0. The summed E-state index contributed by atoms with van der Waals surface area (Å²) in [4.78, 5) is 0. The Morgan fingerprint density at radius 2 is 1.33 bits per heavy atom. The monoisotopic (exact) mass is 270 g/mol. The van der Waals surface area contributed by atoms with Crippen LogP contribution in [0.25, 0.3) is 0 Å². The van der Waals surface area contributed by atoms with E-state index in [-0.39, 0.29) is 0 Å². The highest BCUT2D eigenvalue weighted by atomic mass is 28.4. The van der Waals surface area contributed by atoms with Gasteiger partial charge >= 0.3 is 8.56 Å². The van der Waals surface area contributed by atoms with Gasteiger partial charge in [0.1, 0.15) is 0 Å². The largest absolute Gasteiger partial charge is 0.397 e. The number of hydrogen-bond acceptors (Lipinski definition) is 2. The van der Waals surface area contributed by atoms with Crippen LogP contribution >= 0.6 is 0 Å². The zero-order valence-corrected chi connectivity index (χ0v) is 13.5. The van der Waals surface area contributed by atoms with Gasteiger partial charge in [-0.3, -0.25) is 0 Å². The van der Waals surface area contributed by atoms with Crippen molar-refractivity contribution in [2.45, 2.75) is 81.7 Å². The van der Waals surface area contributed by atoms with Gasteiger partial charge in [0, 0.05) is 24.8 Å². The second-order valence-electron chi connectivity index (χ2n) is 6.53. The van der Waals surface area contributed by atoms with Gasteiger partial charge in [-0.05, 0) is 25.7 Å². The van der Waals surface area contributed by atoms with Gasteiger partial charge in [0.05, 0.1) is 0 Å². The summed E-state index contributed by atoms with van der Waals surface area (Å²) in [5, 5.41) is 0.344. The second kappa shape index (κ2) is 6.06. The predicted octanol–water partition coefficient (Wildman–Crippen LogP) is 4.78. The molecule has 0 saturated heterocycles. The van der Waals surface area contributed by atoms with E-state index in [0.29, 0.717) is 5.04 Å². The van der Waals surface area contributed by atoms with E-state index in [0.717, 1.165) is 5.54 Å². The quantitative estimate of drug-likeness (QED) is 0.684. The van der Waals surface area contributed by atoms with Crippen LogP contribution in [0.15, 0.2) is 0 Å². The van der Waals surface area contributed by atoms with Gasteiger partial charge in [-0.15, -0.1) is 0 Å². The lowest BCUT2D eigenvalue weighted by Crippen LogP contribution is -2.56. The normalized spacial score (nSPS) is 26.2. The van der Waals surface area contributed by atoms with E-state index in [1.165, 1.54) is 64.2 Å². The van der Waals surface area contributed by atoms with Crippen LogP contribution in [0, 0.1) is 0 Å². The fourth-order valence-corrected chi connectivity index (χ4v) is 9.59. The van der Waals surface area contributed by atoms with Crippen molar-refractivity contribution in [2.24, 2.45) is 0 Å². The van der Waals surface area contributed by atoms with E-state index in [1.807, 2.05) is 14.2 Å². The first kappa shape index (κ1) is 14.5. The third-order valence-electron chi connectivity index (χ3n) is 5.55. The third-order valence-corrected chi connectivity index (χ3v) is 10.6. The predicted molar refractivity (Wildman–Crippen MR) is 78.1 cm³/mol. The molecular weight excluding hydrogens is 240 g/mol. The zero-order valence-electron chi connectivity index (χ0n) is 12.5. The van der Waals surface area contributed by atoms with Crippen molar-refractivity contribution >= 4 is 8.56 Å². The highest BCUT2D eigenvalue weighted by molar-refractivity contribution is 6.72. The van der Waals surface area contributed by atoms with Crippen molar-refractivity contribution in [2.75, 3.05) is 14.2 Å². The van der Waals surface area contributed by atoms with Crippen LogP contribution in [0.4, 0.5) is 0 Å². The molecule has 2 fully saturated rings. The van der Waals surface area contributed by atoms with Crippen LogP contribution in [0.3, 0.4) is 0 Å². The SMILES string of the molecule is CO[Si](OC)(C1CCCCC1)C1(C)CCCCC1. The van der Waals surface area contributed by atoms with Crippen molar-refractivity contribution in [1.82, 2.24) is 0 Å². The lowest BCUT2D eigenvalue weighted by Gasteiger charge is -2.50. The molecule has 0 atom stereocenters. The topological polar surface area (TPSA) is 18.5 Å². The molecule has 0 aromatic carbocycles. The number of rotatable bonds is 4. The van der Waals surface area contributed by atoms with E-state index in [1.54, 1.807) is 0 Å². The molecular formula is C15H30O2Si. The van der Waals surface area contributed by atoms with Crippen molar-refractivity contribution in [3.05, 3.63) is 0 Å². The highest BCUT2D eigenvalue weighted by Gasteiger charge is 2.58. The Kier molecular flexibility index (Phi) is 4.90. The molecule has 0 aliphatic heterocycles. The fraction of sp³-hybridized carbons (Fsp3) is 1.00. The van der Waals surface area contributed by atoms with E-state index >= 15 is 0 Å². The first-order valence-corrected chi connectivity index (χ1v) is 9.68. The molecule has 0 N–H and O–H groups in total. The van der Waals surface area contributed by atoms with Gasteiger partial charge in [-0.25, -0.2) is 0 Å². The maximum Gasteiger partial charge on any atom is 0.346 e. The Labute approximate surface area is 114 Å². The van der Waals surface area contributed by atoms with Gasteiger partial charge in [0.2, 0.25) is 0 Å². The van der Waals surface area contributed by atoms with Crippen LogP contribution in [0.1, 0.15) is 71.1 Å². The van der Waals surface area contributed by atoms with E-state index in [9.17, 15) is 0 Å². The maximum atomic E-state index is 6.19. The van der Waals surface area contributed by atoms with Crippen molar-refractivity contribution in [3.63, 3.8) is 0 Å². The minimum atomic E-state index is -2.07. The van der Waals surface area contributed by atoms with Crippen molar-refractivity contribution in [1.29, 1.82) is 0 Å². The van der Waals surface area contributed by atoms with Crippen LogP contribution < -0.4 is 0 Å². The van der Waals surface area contributed by atoms with Gasteiger partial charge in [0.25, 0.3) is 0 Å². The lowest BCUT2D eigenvalue weighted by atomic mass is 9.90. The summed E-state index contributed by atoms with van der Waals surface area (Å²) in [5.41, 5.74) is 0.726. The van der Waals surface area contributed by atoms with Crippen LogP contribution in [0.2, 0.25) is 10.6 Å². The molecule has 0 aromatic rings. The maximum absolute atomic E-state index is 6.19. The van der Waals surface area contributed by atoms with Crippen LogP contribution in [-0.4, -0.2) is 22.8 Å². The molecule has 2 aliphatic rings. The minimum Gasteiger partial charge on any atom is -0.397 e. The van der Waals surface area contributed by atoms with Gasteiger partial charge in [-0.1, -0.05) is 45.4 Å². The summed E-state index contributed by atoms with van der Waals surface area (Å²) in [6.07, 6.45) is 13.6. The van der Waals surface area contributed by atoms with Crippen molar-refractivity contribution in [3.8, 4) is 0 Å². The molecule has 0 heterocycles. The molecule has 2 nitrogen and oxygen atoms in total. The molecule has 2 aliphatic carbocycles. The third kappa shape index (κ3) is 2.41. The zero-order chi connectivity index (χ0) is 13.1. The Hall–Kier alpha value is 0.137. The summed E-state index contributed by atoms with van der Waals surface area (Å²) in [7, 11) is 1.78. The van der Waals surface area contributed by atoms with Gasteiger partial charge in [0.15, 0.2) is 0 Å². The highest BCUT2D eigenvalue weighted by Crippen LogP contribution is 2.57. The molecule has 2 rings (SSSR count). The molecule has 106 valence electrons. The Balaban J connectivity index is 2.23. The lowest BCUT2D eigenvalue weighted by molar-refractivity contribution is 0.164. The van der Waals surface area contributed by atoms with Crippen LogP contribution in [-0.2, 0) is 8.85 Å². The van der Waals surface area contributed by atoms with Crippen molar-refractivity contribution < 1.29 is 8.85 Å². The van der Waals surface area contributed by atoms with Gasteiger partial charge < -0.3 is 8.85 Å². The van der Waals surface area contributed by atoms with E-state index in [4.69, 9.17) is 8.85 Å². The van der Waals surface area contributed by atoms with Crippen LogP contribution in [0.5, 0.6) is 0 Å². The Morgan fingerprint density at radius 3 is 1.83 bits per heavy atom. The summed E-state index contributed by atoms with van der Waals surface area (Å²) in [6.45, 7) is 2.46. The minimum absolute atomic E-state index is 0.344. The number of hydrogen-bond donors (Lipinski definition) is 0. The first-order valence-electron chi connectivity index (χ1n) is 7.79. The molecule has 2 saturated carbocycles. The first-order chi connectivity index (χ1) is 8.68. The summed E-state index contributed by atoms with van der Waals surface area (Å²) in [5.74, 6) is 0. The Bertz CT molecular complexity index is 251. The molecule has 0 radical (unpaired) electrons. The molecule has 0 unspecified atom stereocenters. The summed E-state index contributed by atoms with van der Waals surface area (Å²) in [6, 6.07) is 0. The van der Waals surface area contributed by atoms with E-state index < -0.39 is 8.56 Å². The molecule has 0 bridgehead atoms. The van der Waals surface area contributed by atoms with E-state index in [2.05, 4.69) is 6.92 Å². The second-order valence-corrected chi connectivity index (χ2v) is 10.7. The fourth-order valence-electron chi connectivity index (χ4n) is 4.57. The Morgan fingerprint density at radius 1 is 0.833 bits per heavy atom. The average molecular weight is 270 g/mol. The molecule has 3 heteroatoms. The molecule has 0 aromatic heterocycles. The standard InChI is InChI=1S/C15H30O2Si/c1-15(12-8-5-9-13-15)18(16-2,17-3)14-10-6-4-7-11-14/h14H,4-13H2,1-3H3. The summed E-state index contributed by atoms with van der Waals surface area (Å²) < 4.78 is 12.4. The molecule has 0 amide bonds. The molecule has 0 spiro atoms. The van der Waals surface area contributed by atoms with Gasteiger partial charge in [-0.2, -0.15) is 0 Å².